The lowest BCUT2D eigenvalue weighted by atomic mass is 10.1. The summed E-state index contributed by atoms with van der Waals surface area (Å²) in [7, 11) is 0. The summed E-state index contributed by atoms with van der Waals surface area (Å²) in [5, 5.41) is 6.68. The van der Waals surface area contributed by atoms with E-state index in [2.05, 4.69) is 25.5 Å². The van der Waals surface area contributed by atoms with Crippen molar-refractivity contribution in [3.8, 4) is 5.75 Å². The molecule has 1 saturated heterocycles. The second kappa shape index (κ2) is 12.1. The molecule has 4 rings (SSSR count). The van der Waals surface area contributed by atoms with Crippen LogP contribution in [-0.2, 0) is 11.2 Å². The average molecular weight is 459 g/mol. The smallest absolute Gasteiger partial charge is 0.233 e. The first-order valence-electron chi connectivity index (χ1n) is 12.0. The number of nitrogens with zero attached hydrogens (tertiary/aromatic N) is 3. The minimum atomic E-state index is 0.552. The van der Waals surface area contributed by atoms with Crippen LogP contribution >= 0.6 is 0 Å². The molecule has 34 heavy (non-hydrogen) atoms. The van der Waals surface area contributed by atoms with Gasteiger partial charge in [-0.3, -0.25) is 9.69 Å². The number of ether oxygens (including phenoxy) is 1. The highest BCUT2D eigenvalue weighted by Gasteiger charge is 2.11. The summed E-state index contributed by atoms with van der Waals surface area (Å²) >= 11 is 0. The van der Waals surface area contributed by atoms with E-state index in [9.17, 15) is 4.79 Å². The van der Waals surface area contributed by atoms with Crippen LogP contribution in [-0.4, -0.2) is 53.9 Å². The first kappa shape index (κ1) is 23.7. The number of likely N-dealkylation sites (tertiary alicyclic amines) is 1. The zero-order valence-electron chi connectivity index (χ0n) is 19.7. The van der Waals surface area contributed by atoms with Gasteiger partial charge in [0.2, 0.25) is 12.2 Å². The Kier molecular flexibility index (Phi) is 8.46. The Morgan fingerprint density at radius 1 is 1.06 bits per heavy atom. The Morgan fingerprint density at radius 3 is 2.56 bits per heavy atom. The summed E-state index contributed by atoms with van der Waals surface area (Å²) in [6.07, 6.45) is 8.20. The SMILES string of the molecule is Cc1cnc(Nc2ccc(OCCN3CCCC3)cc2)nc1NCCCc1ccc([C]=O)cc1. The molecule has 7 nitrogen and oxygen atoms in total. The summed E-state index contributed by atoms with van der Waals surface area (Å²) in [4.78, 5) is 22.1. The van der Waals surface area contributed by atoms with Gasteiger partial charge in [-0.05, 0) is 75.5 Å². The van der Waals surface area contributed by atoms with Crippen molar-refractivity contribution in [3.63, 3.8) is 0 Å². The van der Waals surface area contributed by atoms with E-state index in [0.29, 0.717) is 18.1 Å². The van der Waals surface area contributed by atoms with Gasteiger partial charge in [-0.25, -0.2) is 4.98 Å². The van der Waals surface area contributed by atoms with Crippen molar-refractivity contribution in [2.45, 2.75) is 32.6 Å². The quantitative estimate of drug-likeness (QED) is 0.387. The topological polar surface area (TPSA) is 79.4 Å². The van der Waals surface area contributed by atoms with Crippen molar-refractivity contribution in [2.24, 2.45) is 0 Å². The highest BCUT2D eigenvalue weighted by atomic mass is 16.5. The third kappa shape index (κ3) is 7.02. The molecule has 0 amide bonds. The van der Waals surface area contributed by atoms with Crippen LogP contribution in [0.2, 0.25) is 0 Å². The Bertz CT molecular complexity index is 1050. The molecule has 0 aliphatic carbocycles. The summed E-state index contributed by atoms with van der Waals surface area (Å²) in [6, 6.07) is 15.5. The first-order chi connectivity index (χ1) is 16.7. The number of aromatic nitrogens is 2. The minimum Gasteiger partial charge on any atom is -0.492 e. The first-order valence-corrected chi connectivity index (χ1v) is 12.0. The number of rotatable bonds is 12. The van der Waals surface area contributed by atoms with Crippen LogP contribution in [0.15, 0.2) is 54.7 Å². The van der Waals surface area contributed by atoms with Crippen molar-refractivity contribution in [1.29, 1.82) is 0 Å². The number of carbonyl (C=O) groups excluding carboxylic acids is 1. The Labute approximate surface area is 201 Å². The van der Waals surface area contributed by atoms with E-state index in [4.69, 9.17) is 4.74 Å². The number of aryl methyl sites for hydroxylation is 2. The second-order valence-corrected chi connectivity index (χ2v) is 8.60. The van der Waals surface area contributed by atoms with Crippen molar-refractivity contribution in [2.75, 3.05) is 43.4 Å². The van der Waals surface area contributed by atoms with Crippen LogP contribution in [0.5, 0.6) is 5.75 Å². The summed E-state index contributed by atoms with van der Waals surface area (Å²) in [5.41, 5.74) is 3.69. The van der Waals surface area contributed by atoms with Crippen LogP contribution in [0.4, 0.5) is 17.5 Å². The molecule has 1 aliphatic heterocycles. The number of hydrogen-bond donors (Lipinski definition) is 2. The van der Waals surface area contributed by atoms with E-state index >= 15 is 0 Å². The van der Waals surface area contributed by atoms with Crippen molar-refractivity contribution >= 4 is 23.7 Å². The van der Waals surface area contributed by atoms with Gasteiger partial charge in [-0.2, -0.15) is 4.98 Å². The van der Waals surface area contributed by atoms with E-state index < -0.39 is 0 Å². The number of benzene rings is 2. The number of anilines is 3. The molecule has 0 spiro atoms. The van der Waals surface area contributed by atoms with E-state index in [1.165, 1.54) is 31.5 Å². The van der Waals surface area contributed by atoms with Crippen LogP contribution in [0, 0.1) is 6.92 Å². The van der Waals surface area contributed by atoms with Gasteiger partial charge in [0.05, 0.1) is 0 Å². The van der Waals surface area contributed by atoms with Gasteiger partial charge in [0.15, 0.2) is 0 Å². The van der Waals surface area contributed by atoms with Crippen molar-refractivity contribution in [3.05, 3.63) is 71.4 Å². The third-order valence-corrected chi connectivity index (χ3v) is 5.96. The van der Waals surface area contributed by atoms with Crippen LogP contribution in [0.25, 0.3) is 0 Å². The maximum Gasteiger partial charge on any atom is 0.233 e. The lowest BCUT2D eigenvalue weighted by molar-refractivity contribution is 0.238. The zero-order chi connectivity index (χ0) is 23.6. The summed E-state index contributed by atoms with van der Waals surface area (Å²) < 4.78 is 5.88. The monoisotopic (exact) mass is 458 g/mol. The number of nitrogens with one attached hydrogen (secondary N) is 2. The normalized spacial score (nSPS) is 13.6. The van der Waals surface area contributed by atoms with Crippen LogP contribution in [0.1, 0.15) is 36.0 Å². The highest BCUT2D eigenvalue weighted by molar-refractivity contribution is 5.75. The summed E-state index contributed by atoms with van der Waals surface area (Å²) in [6.45, 7) is 6.87. The maximum atomic E-state index is 10.6. The maximum absolute atomic E-state index is 10.6. The average Bonchev–Trinajstić information content (AvgIpc) is 3.39. The van der Waals surface area contributed by atoms with E-state index in [1.807, 2.05) is 55.8 Å². The Hall–Kier alpha value is -3.45. The van der Waals surface area contributed by atoms with Gasteiger partial charge >= 0.3 is 0 Å². The van der Waals surface area contributed by atoms with Gasteiger partial charge in [0, 0.05) is 36.1 Å². The molecule has 1 radical (unpaired) electrons. The van der Waals surface area contributed by atoms with E-state index in [-0.39, 0.29) is 0 Å². The fraction of sp³-hybridized carbons (Fsp3) is 0.370. The fourth-order valence-corrected chi connectivity index (χ4v) is 3.98. The van der Waals surface area contributed by atoms with Gasteiger partial charge < -0.3 is 15.4 Å². The molecule has 3 aromatic rings. The molecule has 0 saturated carbocycles. The predicted octanol–water partition coefficient (Wildman–Crippen LogP) is 4.51. The van der Waals surface area contributed by atoms with Gasteiger partial charge in [-0.1, -0.05) is 24.3 Å². The van der Waals surface area contributed by atoms with Gasteiger partial charge in [0.25, 0.3) is 0 Å². The molecule has 2 N–H and O–H groups in total. The molecular formula is C27H32N5O2. The van der Waals surface area contributed by atoms with E-state index in [0.717, 1.165) is 48.7 Å². The molecule has 2 aromatic carbocycles. The van der Waals surface area contributed by atoms with E-state index in [1.54, 1.807) is 12.1 Å². The molecule has 0 unspecified atom stereocenters. The molecular weight excluding hydrogens is 426 g/mol. The molecule has 0 atom stereocenters. The van der Waals surface area contributed by atoms with Crippen molar-refractivity contribution in [1.82, 2.24) is 14.9 Å². The lowest BCUT2D eigenvalue weighted by Crippen LogP contribution is -2.25. The lowest BCUT2D eigenvalue weighted by Gasteiger charge is -2.15. The van der Waals surface area contributed by atoms with Crippen molar-refractivity contribution < 1.29 is 9.53 Å². The van der Waals surface area contributed by atoms with Crippen LogP contribution < -0.4 is 15.4 Å². The molecule has 177 valence electrons. The fourth-order valence-electron chi connectivity index (χ4n) is 3.98. The zero-order valence-corrected chi connectivity index (χ0v) is 19.7. The second-order valence-electron chi connectivity index (χ2n) is 8.60. The molecule has 7 heteroatoms. The molecule has 1 fully saturated rings. The third-order valence-electron chi connectivity index (χ3n) is 5.96. The molecule has 2 heterocycles. The van der Waals surface area contributed by atoms with Gasteiger partial charge in [-0.15, -0.1) is 0 Å². The molecule has 1 aliphatic rings. The highest BCUT2D eigenvalue weighted by Crippen LogP contribution is 2.20. The van der Waals surface area contributed by atoms with Crippen LogP contribution in [0.3, 0.4) is 0 Å². The standard InChI is InChI=1S/C27H32N5O2/c1-21-19-29-27(31-26(21)28-14-4-5-22-6-8-23(20-33)9-7-22)30-24-10-12-25(13-11-24)34-18-17-32-15-2-3-16-32/h6-13,19H,2-5,14-18H2,1H3,(H2,28,29,30,31). The Balaban J connectivity index is 1.23. The molecule has 0 bridgehead atoms. The van der Waals surface area contributed by atoms with Gasteiger partial charge in [0.1, 0.15) is 18.2 Å². The largest absolute Gasteiger partial charge is 0.492 e. The Morgan fingerprint density at radius 2 is 1.82 bits per heavy atom. The summed E-state index contributed by atoms with van der Waals surface area (Å²) in [5.74, 6) is 2.25. The number of hydrogen-bond acceptors (Lipinski definition) is 7. The molecule has 1 aromatic heterocycles. The minimum absolute atomic E-state index is 0.552. The predicted molar refractivity (Wildman–Crippen MR) is 136 cm³/mol.